The van der Waals surface area contributed by atoms with Gasteiger partial charge in [-0.15, -0.1) is 0 Å². The van der Waals surface area contributed by atoms with Crippen LogP contribution in [0.2, 0.25) is 0 Å². The van der Waals surface area contributed by atoms with Gasteiger partial charge in [-0.3, -0.25) is 9.48 Å². The van der Waals surface area contributed by atoms with E-state index < -0.39 is 0 Å². The van der Waals surface area contributed by atoms with Crippen LogP contribution in [0, 0.1) is 0 Å². The number of hydrogen-bond donors (Lipinski definition) is 1. The summed E-state index contributed by atoms with van der Waals surface area (Å²) in [6.07, 6.45) is 3.93. The number of nitrogens with one attached hydrogen (secondary N) is 1. The summed E-state index contributed by atoms with van der Waals surface area (Å²) in [6, 6.07) is 2.01. The monoisotopic (exact) mass is 181 g/mol. The van der Waals surface area contributed by atoms with Gasteiger partial charge in [0.05, 0.1) is 6.04 Å². The molecule has 0 spiro atoms. The minimum absolute atomic E-state index is 0.120. The van der Waals surface area contributed by atoms with Gasteiger partial charge in [-0.2, -0.15) is 0 Å². The predicted octanol–water partition coefficient (Wildman–Crippen LogP) is 0.111. The van der Waals surface area contributed by atoms with E-state index in [4.69, 9.17) is 0 Å². The second kappa shape index (κ2) is 3.38. The van der Waals surface area contributed by atoms with Crippen molar-refractivity contribution in [3.05, 3.63) is 22.6 Å². The molecule has 4 heteroatoms. The van der Waals surface area contributed by atoms with Gasteiger partial charge in [0.2, 0.25) is 0 Å². The third-order valence-electron chi connectivity index (χ3n) is 2.65. The van der Waals surface area contributed by atoms with Crippen LogP contribution in [-0.2, 0) is 7.05 Å². The lowest BCUT2D eigenvalue weighted by Gasteiger charge is -2.24. The van der Waals surface area contributed by atoms with Crippen LogP contribution >= 0.6 is 0 Å². The van der Waals surface area contributed by atoms with Gasteiger partial charge in [-0.1, -0.05) is 0 Å². The molecular weight excluding hydrogens is 166 g/mol. The largest absolute Gasteiger partial charge is 0.317 e. The smallest absolute Gasteiger partial charge is 0.266 e. The quantitative estimate of drug-likeness (QED) is 0.668. The highest BCUT2D eigenvalue weighted by atomic mass is 16.1. The molecule has 0 saturated carbocycles. The van der Waals surface area contributed by atoms with Crippen LogP contribution < -0.4 is 10.9 Å². The standard InChI is InChI=1S/C9H15N3O/c1-11-7-4-9(13)12(11)8-2-5-10-6-3-8/h4,7-8,10H,2-3,5-6H2,1H3. The Morgan fingerprint density at radius 3 is 2.69 bits per heavy atom. The molecule has 1 fully saturated rings. The number of aromatic nitrogens is 2. The minimum Gasteiger partial charge on any atom is -0.317 e. The Hall–Kier alpha value is -1.03. The molecular formula is C9H15N3O. The molecule has 1 N–H and O–H groups in total. The zero-order chi connectivity index (χ0) is 9.26. The summed E-state index contributed by atoms with van der Waals surface area (Å²) in [4.78, 5) is 11.5. The Morgan fingerprint density at radius 1 is 1.46 bits per heavy atom. The van der Waals surface area contributed by atoms with Crippen LogP contribution in [0.5, 0.6) is 0 Å². The molecule has 0 atom stereocenters. The van der Waals surface area contributed by atoms with Gasteiger partial charge in [0.15, 0.2) is 0 Å². The fourth-order valence-corrected chi connectivity index (χ4v) is 1.96. The van der Waals surface area contributed by atoms with Gasteiger partial charge in [0, 0.05) is 19.3 Å². The lowest BCUT2D eigenvalue weighted by molar-refractivity contribution is 0.306. The highest BCUT2D eigenvalue weighted by molar-refractivity contribution is 4.87. The third kappa shape index (κ3) is 1.54. The molecule has 72 valence electrons. The van der Waals surface area contributed by atoms with E-state index in [1.165, 1.54) is 0 Å². The van der Waals surface area contributed by atoms with Crippen molar-refractivity contribution >= 4 is 0 Å². The molecule has 0 bridgehead atoms. The SMILES string of the molecule is Cn1ccc(=O)n1C1CCNCC1. The average molecular weight is 181 g/mol. The van der Waals surface area contributed by atoms with Gasteiger partial charge in [0.25, 0.3) is 5.56 Å². The first kappa shape index (κ1) is 8.56. The molecule has 0 aromatic carbocycles. The average Bonchev–Trinajstić information content (AvgIpc) is 2.48. The van der Waals surface area contributed by atoms with Gasteiger partial charge < -0.3 is 5.32 Å². The maximum Gasteiger partial charge on any atom is 0.266 e. The Balaban J connectivity index is 2.27. The predicted molar refractivity (Wildman–Crippen MR) is 50.8 cm³/mol. The second-order valence-electron chi connectivity index (χ2n) is 3.55. The number of hydrogen-bond acceptors (Lipinski definition) is 2. The van der Waals surface area contributed by atoms with Crippen molar-refractivity contribution in [2.45, 2.75) is 18.9 Å². The van der Waals surface area contributed by atoms with E-state index >= 15 is 0 Å². The zero-order valence-corrected chi connectivity index (χ0v) is 7.86. The van der Waals surface area contributed by atoms with E-state index in [-0.39, 0.29) is 5.56 Å². The molecule has 0 unspecified atom stereocenters. The van der Waals surface area contributed by atoms with E-state index in [1.807, 2.05) is 22.6 Å². The van der Waals surface area contributed by atoms with Crippen LogP contribution in [0.1, 0.15) is 18.9 Å². The Morgan fingerprint density at radius 2 is 2.15 bits per heavy atom. The lowest BCUT2D eigenvalue weighted by Crippen LogP contribution is -2.35. The number of nitrogens with zero attached hydrogens (tertiary/aromatic N) is 2. The van der Waals surface area contributed by atoms with Gasteiger partial charge in [0.1, 0.15) is 0 Å². The zero-order valence-electron chi connectivity index (χ0n) is 7.86. The van der Waals surface area contributed by atoms with E-state index in [0.29, 0.717) is 6.04 Å². The third-order valence-corrected chi connectivity index (χ3v) is 2.65. The molecule has 2 rings (SSSR count). The van der Waals surface area contributed by atoms with Crippen molar-refractivity contribution in [2.24, 2.45) is 7.05 Å². The summed E-state index contributed by atoms with van der Waals surface area (Å²) in [5.74, 6) is 0. The number of rotatable bonds is 1. The maximum atomic E-state index is 11.5. The van der Waals surface area contributed by atoms with E-state index in [1.54, 1.807) is 6.07 Å². The minimum atomic E-state index is 0.120. The summed E-state index contributed by atoms with van der Waals surface area (Å²) >= 11 is 0. The van der Waals surface area contributed by atoms with Crippen molar-refractivity contribution in [3.63, 3.8) is 0 Å². The Kier molecular flexibility index (Phi) is 2.22. The van der Waals surface area contributed by atoms with Crippen molar-refractivity contribution in [2.75, 3.05) is 13.1 Å². The van der Waals surface area contributed by atoms with Crippen LogP contribution in [0.15, 0.2) is 17.1 Å². The summed E-state index contributed by atoms with van der Waals surface area (Å²) in [5.41, 5.74) is 0.120. The molecule has 1 aliphatic rings. The van der Waals surface area contributed by atoms with E-state index in [0.717, 1.165) is 25.9 Å². The van der Waals surface area contributed by atoms with Crippen molar-refractivity contribution in [1.29, 1.82) is 0 Å². The number of aryl methyl sites for hydroxylation is 1. The van der Waals surface area contributed by atoms with E-state index in [9.17, 15) is 4.79 Å². The lowest BCUT2D eigenvalue weighted by atomic mass is 10.1. The highest BCUT2D eigenvalue weighted by Gasteiger charge is 2.17. The molecule has 13 heavy (non-hydrogen) atoms. The van der Waals surface area contributed by atoms with Crippen molar-refractivity contribution < 1.29 is 0 Å². The number of piperidine rings is 1. The molecule has 0 amide bonds. The van der Waals surface area contributed by atoms with Crippen LogP contribution in [-0.4, -0.2) is 22.5 Å². The molecule has 1 aliphatic heterocycles. The fourth-order valence-electron chi connectivity index (χ4n) is 1.96. The Labute approximate surface area is 77.1 Å². The second-order valence-corrected chi connectivity index (χ2v) is 3.55. The van der Waals surface area contributed by atoms with Gasteiger partial charge in [-0.25, -0.2) is 4.68 Å². The first-order valence-corrected chi connectivity index (χ1v) is 4.74. The molecule has 4 nitrogen and oxygen atoms in total. The van der Waals surface area contributed by atoms with E-state index in [2.05, 4.69) is 5.32 Å². The summed E-state index contributed by atoms with van der Waals surface area (Å²) in [7, 11) is 1.92. The summed E-state index contributed by atoms with van der Waals surface area (Å²) in [5, 5.41) is 3.29. The van der Waals surface area contributed by atoms with Crippen molar-refractivity contribution in [3.8, 4) is 0 Å². The van der Waals surface area contributed by atoms with Crippen LogP contribution in [0.25, 0.3) is 0 Å². The van der Waals surface area contributed by atoms with Crippen LogP contribution in [0.4, 0.5) is 0 Å². The maximum absolute atomic E-state index is 11.5. The Bertz CT molecular complexity index is 333. The first-order chi connectivity index (χ1) is 6.29. The van der Waals surface area contributed by atoms with Gasteiger partial charge >= 0.3 is 0 Å². The summed E-state index contributed by atoms with van der Waals surface area (Å²) < 4.78 is 3.74. The molecule has 0 aliphatic carbocycles. The molecule has 1 saturated heterocycles. The molecule has 1 aromatic rings. The van der Waals surface area contributed by atoms with Gasteiger partial charge in [-0.05, 0) is 25.9 Å². The normalized spacial score (nSPS) is 19.2. The van der Waals surface area contributed by atoms with Crippen molar-refractivity contribution in [1.82, 2.24) is 14.7 Å². The molecule has 0 radical (unpaired) electrons. The highest BCUT2D eigenvalue weighted by Crippen LogP contribution is 2.15. The molecule has 1 aromatic heterocycles. The summed E-state index contributed by atoms with van der Waals surface area (Å²) in [6.45, 7) is 2.03. The van der Waals surface area contributed by atoms with Crippen LogP contribution in [0.3, 0.4) is 0 Å². The fraction of sp³-hybridized carbons (Fsp3) is 0.667. The first-order valence-electron chi connectivity index (χ1n) is 4.74. The molecule has 2 heterocycles. The topological polar surface area (TPSA) is 39.0 Å².